The van der Waals surface area contributed by atoms with Crippen LogP contribution < -0.4 is 10.1 Å². The van der Waals surface area contributed by atoms with Crippen LogP contribution in [0.1, 0.15) is 38.8 Å². The molecule has 0 fully saturated rings. The summed E-state index contributed by atoms with van der Waals surface area (Å²) in [7, 11) is 1.95. The van der Waals surface area contributed by atoms with Crippen molar-refractivity contribution in [3.05, 3.63) is 29.3 Å². The Hall–Kier alpha value is -1.02. The monoisotopic (exact) mass is 235 g/mol. The molecular formula is C15H25NO. The lowest BCUT2D eigenvalue weighted by Gasteiger charge is -2.25. The van der Waals surface area contributed by atoms with Gasteiger partial charge in [-0.2, -0.15) is 0 Å². The Balaban J connectivity index is 2.99. The van der Waals surface area contributed by atoms with E-state index in [1.807, 2.05) is 7.05 Å². The molecule has 2 nitrogen and oxygen atoms in total. The van der Waals surface area contributed by atoms with Gasteiger partial charge in [-0.25, -0.2) is 0 Å². The van der Waals surface area contributed by atoms with Crippen LogP contribution in [-0.2, 0) is 5.41 Å². The third-order valence-corrected chi connectivity index (χ3v) is 2.76. The summed E-state index contributed by atoms with van der Waals surface area (Å²) in [5.41, 5.74) is 2.62. The highest BCUT2D eigenvalue weighted by molar-refractivity contribution is 5.41. The van der Waals surface area contributed by atoms with Crippen molar-refractivity contribution in [2.45, 2.75) is 46.1 Å². The predicted octanol–water partition coefficient (Wildman–Crippen LogP) is 3.28. The lowest BCUT2D eigenvalue weighted by molar-refractivity contribution is 0.215. The molecular weight excluding hydrogens is 210 g/mol. The molecule has 1 atom stereocenters. The molecule has 0 heterocycles. The third-order valence-electron chi connectivity index (χ3n) is 2.76. The number of nitrogens with one attached hydrogen (secondary N) is 1. The van der Waals surface area contributed by atoms with Crippen molar-refractivity contribution in [2.24, 2.45) is 0 Å². The number of rotatable bonds is 4. The Bertz CT molecular complexity index is 366. The molecule has 0 saturated carbocycles. The first-order valence-corrected chi connectivity index (χ1v) is 6.27. The SMILES string of the molecule is CNCC(C)Oc1cc(C)ccc1C(C)(C)C. The quantitative estimate of drug-likeness (QED) is 0.864. The fraction of sp³-hybridized carbons (Fsp3) is 0.600. The summed E-state index contributed by atoms with van der Waals surface area (Å²) < 4.78 is 6.03. The van der Waals surface area contributed by atoms with Gasteiger partial charge in [-0.1, -0.05) is 32.9 Å². The Morgan fingerprint density at radius 3 is 2.47 bits per heavy atom. The molecule has 0 aliphatic rings. The van der Waals surface area contributed by atoms with Gasteiger partial charge in [0.2, 0.25) is 0 Å². The maximum atomic E-state index is 6.03. The second kappa shape index (κ2) is 5.54. The molecule has 0 radical (unpaired) electrons. The molecule has 1 N–H and O–H groups in total. The van der Waals surface area contributed by atoms with Crippen LogP contribution in [0.2, 0.25) is 0 Å². The molecule has 1 aromatic carbocycles. The smallest absolute Gasteiger partial charge is 0.123 e. The van der Waals surface area contributed by atoms with E-state index >= 15 is 0 Å². The normalized spacial score (nSPS) is 13.5. The zero-order chi connectivity index (χ0) is 13.1. The van der Waals surface area contributed by atoms with E-state index in [1.165, 1.54) is 11.1 Å². The molecule has 0 aliphatic carbocycles. The Morgan fingerprint density at radius 1 is 1.29 bits per heavy atom. The molecule has 0 aromatic heterocycles. The van der Waals surface area contributed by atoms with Crippen molar-refractivity contribution in [3.8, 4) is 5.75 Å². The minimum atomic E-state index is 0.113. The summed E-state index contributed by atoms with van der Waals surface area (Å²) in [6.45, 7) is 11.7. The highest BCUT2D eigenvalue weighted by Crippen LogP contribution is 2.32. The molecule has 0 bridgehead atoms. The summed E-state index contributed by atoms with van der Waals surface area (Å²) in [4.78, 5) is 0. The topological polar surface area (TPSA) is 21.3 Å². The van der Waals surface area contributed by atoms with Crippen LogP contribution in [0.4, 0.5) is 0 Å². The standard InChI is InChI=1S/C15H25NO/c1-11-7-8-13(15(3,4)5)14(9-11)17-12(2)10-16-6/h7-9,12,16H,10H2,1-6H3. The Kier molecular flexibility index (Phi) is 4.58. The maximum absolute atomic E-state index is 6.03. The molecule has 2 heteroatoms. The van der Waals surface area contributed by atoms with Crippen molar-refractivity contribution >= 4 is 0 Å². The van der Waals surface area contributed by atoms with E-state index < -0.39 is 0 Å². The van der Waals surface area contributed by atoms with Gasteiger partial charge in [0.25, 0.3) is 0 Å². The summed E-state index contributed by atoms with van der Waals surface area (Å²) in [6, 6.07) is 6.46. The number of ether oxygens (including phenoxy) is 1. The second-order valence-corrected chi connectivity index (χ2v) is 5.74. The first kappa shape index (κ1) is 14.0. The number of hydrogen-bond donors (Lipinski definition) is 1. The summed E-state index contributed by atoms with van der Waals surface area (Å²) >= 11 is 0. The van der Waals surface area contributed by atoms with E-state index in [9.17, 15) is 0 Å². The van der Waals surface area contributed by atoms with Crippen LogP contribution in [0.25, 0.3) is 0 Å². The Morgan fingerprint density at radius 2 is 1.94 bits per heavy atom. The van der Waals surface area contributed by atoms with Gasteiger partial charge >= 0.3 is 0 Å². The van der Waals surface area contributed by atoms with Crippen LogP contribution >= 0.6 is 0 Å². The van der Waals surface area contributed by atoms with Crippen LogP contribution in [0, 0.1) is 6.92 Å². The van der Waals surface area contributed by atoms with Crippen LogP contribution in [0.3, 0.4) is 0 Å². The highest BCUT2D eigenvalue weighted by Gasteiger charge is 2.19. The van der Waals surface area contributed by atoms with Crippen LogP contribution in [0.5, 0.6) is 5.75 Å². The zero-order valence-corrected chi connectivity index (χ0v) is 11.9. The van der Waals surface area contributed by atoms with E-state index in [1.54, 1.807) is 0 Å². The average molecular weight is 235 g/mol. The average Bonchev–Trinajstić information content (AvgIpc) is 2.15. The van der Waals surface area contributed by atoms with Crippen LogP contribution in [-0.4, -0.2) is 19.7 Å². The summed E-state index contributed by atoms with van der Waals surface area (Å²) in [5, 5.41) is 3.14. The lowest BCUT2D eigenvalue weighted by atomic mass is 9.86. The number of benzene rings is 1. The summed E-state index contributed by atoms with van der Waals surface area (Å²) in [5.74, 6) is 1.01. The van der Waals surface area contributed by atoms with Gasteiger partial charge in [-0.15, -0.1) is 0 Å². The number of aryl methyl sites for hydroxylation is 1. The molecule has 0 saturated heterocycles. The minimum absolute atomic E-state index is 0.113. The Labute approximate surface area is 105 Å². The van der Waals surface area contributed by atoms with E-state index in [-0.39, 0.29) is 11.5 Å². The van der Waals surface area contributed by atoms with Crippen molar-refractivity contribution in [3.63, 3.8) is 0 Å². The molecule has 0 amide bonds. The largest absolute Gasteiger partial charge is 0.489 e. The maximum Gasteiger partial charge on any atom is 0.123 e. The van der Waals surface area contributed by atoms with E-state index in [0.717, 1.165) is 12.3 Å². The molecule has 1 aromatic rings. The van der Waals surface area contributed by atoms with Gasteiger partial charge in [-0.05, 0) is 43.5 Å². The fourth-order valence-electron chi connectivity index (χ4n) is 1.89. The lowest BCUT2D eigenvalue weighted by Crippen LogP contribution is -2.27. The van der Waals surface area contributed by atoms with Crippen molar-refractivity contribution in [1.29, 1.82) is 0 Å². The van der Waals surface area contributed by atoms with Gasteiger partial charge in [0.1, 0.15) is 11.9 Å². The second-order valence-electron chi connectivity index (χ2n) is 5.74. The van der Waals surface area contributed by atoms with E-state index in [2.05, 4.69) is 58.1 Å². The third kappa shape index (κ3) is 4.04. The van der Waals surface area contributed by atoms with Gasteiger partial charge in [0.05, 0.1) is 0 Å². The van der Waals surface area contributed by atoms with Crippen molar-refractivity contribution < 1.29 is 4.74 Å². The summed E-state index contributed by atoms with van der Waals surface area (Å²) in [6.07, 6.45) is 0.183. The molecule has 17 heavy (non-hydrogen) atoms. The van der Waals surface area contributed by atoms with Gasteiger partial charge < -0.3 is 10.1 Å². The first-order valence-electron chi connectivity index (χ1n) is 6.27. The molecule has 0 aliphatic heterocycles. The molecule has 0 spiro atoms. The minimum Gasteiger partial charge on any atom is -0.489 e. The van der Waals surface area contributed by atoms with Crippen molar-refractivity contribution in [1.82, 2.24) is 5.32 Å². The molecule has 96 valence electrons. The molecule has 1 unspecified atom stereocenters. The zero-order valence-electron chi connectivity index (χ0n) is 11.9. The van der Waals surface area contributed by atoms with E-state index in [4.69, 9.17) is 4.74 Å². The molecule has 1 rings (SSSR count). The van der Waals surface area contributed by atoms with Gasteiger partial charge in [0.15, 0.2) is 0 Å². The highest BCUT2D eigenvalue weighted by atomic mass is 16.5. The van der Waals surface area contributed by atoms with Gasteiger partial charge in [-0.3, -0.25) is 0 Å². The predicted molar refractivity (Wildman–Crippen MR) is 73.9 cm³/mol. The van der Waals surface area contributed by atoms with E-state index in [0.29, 0.717) is 0 Å². The first-order chi connectivity index (χ1) is 7.84. The fourth-order valence-corrected chi connectivity index (χ4v) is 1.89. The van der Waals surface area contributed by atoms with Crippen molar-refractivity contribution in [2.75, 3.05) is 13.6 Å². The number of likely N-dealkylation sites (N-methyl/N-ethyl adjacent to an activating group) is 1. The van der Waals surface area contributed by atoms with Gasteiger partial charge in [0, 0.05) is 6.54 Å². The number of hydrogen-bond acceptors (Lipinski definition) is 2. The van der Waals surface area contributed by atoms with Crippen LogP contribution in [0.15, 0.2) is 18.2 Å².